The summed E-state index contributed by atoms with van der Waals surface area (Å²) in [5, 5.41) is 3.65. The Bertz CT molecular complexity index is 1450. The van der Waals surface area contributed by atoms with Gasteiger partial charge >= 0.3 is 0 Å². The van der Waals surface area contributed by atoms with Crippen LogP contribution >= 0.6 is 11.6 Å². The maximum absolute atomic E-state index is 13.7. The Balaban J connectivity index is 1.92. The van der Waals surface area contributed by atoms with E-state index in [9.17, 15) is 4.79 Å². The molecule has 8 nitrogen and oxygen atoms in total. The minimum absolute atomic E-state index is 0.257. The van der Waals surface area contributed by atoms with Crippen molar-refractivity contribution in [1.29, 1.82) is 0 Å². The summed E-state index contributed by atoms with van der Waals surface area (Å²) >= 11 is 6.25. The number of nitrogens with zero attached hydrogens (tertiary/aromatic N) is 2. The van der Waals surface area contributed by atoms with Crippen LogP contribution in [-0.2, 0) is 0 Å². The van der Waals surface area contributed by atoms with E-state index in [1.165, 1.54) is 18.9 Å². The normalized spacial score (nSPS) is 11.3. The molecule has 0 aliphatic rings. The highest BCUT2D eigenvalue weighted by atomic mass is 35.5. The average Bonchev–Trinajstić information content (AvgIpc) is 3.26. The zero-order valence-corrected chi connectivity index (χ0v) is 21.3. The molecule has 1 aromatic heterocycles. The standard InChI is InChI=1S/C27H26ClN3O5/c1-16(29-22-15-23(35-4)21(28)14-24(22)36-5)25-26(17-6-10-19(33-2)11-7-17)30-31(27(25)32)18-8-12-20(34-3)13-9-18/h6-15,30H,1-5H3. The van der Waals surface area contributed by atoms with Crippen molar-refractivity contribution in [2.75, 3.05) is 28.4 Å². The molecule has 0 saturated heterocycles. The smallest absolute Gasteiger partial charge is 0.280 e. The first kappa shape index (κ1) is 24.9. The van der Waals surface area contributed by atoms with Crippen LogP contribution in [-0.4, -0.2) is 43.9 Å². The fourth-order valence-electron chi connectivity index (χ4n) is 3.82. The Hall–Kier alpha value is -4.17. The molecule has 0 aliphatic carbocycles. The van der Waals surface area contributed by atoms with E-state index >= 15 is 0 Å². The Kier molecular flexibility index (Phi) is 7.36. The highest BCUT2D eigenvalue weighted by Crippen LogP contribution is 2.38. The molecule has 0 aliphatic heterocycles. The number of ether oxygens (including phenoxy) is 4. The van der Waals surface area contributed by atoms with Crippen molar-refractivity contribution in [3.8, 4) is 39.9 Å². The molecule has 4 aromatic rings. The van der Waals surface area contributed by atoms with Gasteiger partial charge in [0, 0.05) is 17.7 Å². The van der Waals surface area contributed by atoms with Gasteiger partial charge in [-0.15, -0.1) is 0 Å². The summed E-state index contributed by atoms with van der Waals surface area (Å²) in [5.41, 5.74) is 3.18. The third kappa shape index (κ3) is 4.81. The van der Waals surface area contributed by atoms with Crippen LogP contribution in [0, 0.1) is 0 Å². The number of halogens is 1. The maximum Gasteiger partial charge on any atom is 0.280 e. The van der Waals surface area contributed by atoms with Crippen molar-refractivity contribution in [1.82, 2.24) is 9.78 Å². The van der Waals surface area contributed by atoms with E-state index < -0.39 is 0 Å². The second-order valence-corrected chi connectivity index (χ2v) is 8.19. The van der Waals surface area contributed by atoms with Gasteiger partial charge in [0.15, 0.2) is 0 Å². The van der Waals surface area contributed by atoms with Crippen LogP contribution in [0.25, 0.3) is 16.9 Å². The summed E-state index contributed by atoms with van der Waals surface area (Å²) in [6, 6.07) is 17.9. The number of hydrogen-bond donors (Lipinski definition) is 1. The molecule has 0 unspecified atom stereocenters. The summed E-state index contributed by atoms with van der Waals surface area (Å²) in [4.78, 5) is 18.5. The molecule has 9 heteroatoms. The van der Waals surface area contributed by atoms with Crippen LogP contribution in [0.2, 0.25) is 5.02 Å². The fourth-order valence-corrected chi connectivity index (χ4v) is 4.05. The summed E-state index contributed by atoms with van der Waals surface area (Å²) in [5.74, 6) is 2.30. The molecule has 0 atom stereocenters. The van der Waals surface area contributed by atoms with Gasteiger partial charge in [-0.3, -0.25) is 9.89 Å². The average molecular weight is 508 g/mol. The third-order valence-corrected chi connectivity index (χ3v) is 6.00. The topological polar surface area (TPSA) is 87.1 Å². The number of methoxy groups -OCH3 is 4. The van der Waals surface area contributed by atoms with Gasteiger partial charge in [-0.05, 0) is 55.5 Å². The fraction of sp³-hybridized carbons (Fsp3) is 0.185. The van der Waals surface area contributed by atoms with Crippen molar-refractivity contribution in [2.24, 2.45) is 4.99 Å². The van der Waals surface area contributed by atoms with E-state index in [-0.39, 0.29) is 5.56 Å². The van der Waals surface area contributed by atoms with Crippen molar-refractivity contribution in [3.05, 3.63) is 81.6 Å². The van der Waals surface area contributed by atoms with Crippen LogP contribution < -0.4 is 24.5 Å². The van der Waals surface area contributed by atoms with E-state index in [4.69, 9.17) is 35.5 Å². The second kappa shape index (κ2) is 10.6. The summed E-state index contributed by atoms with van der Waals surface area (Å²) in [6.45, 7) is 1.77. The van der Waals surface area contributed by atoms with Crippen LogP contribution in [0.1, 0.15) is 12.5 Å². The molecule has 0 radical (unpaired) electrons. The molecule has 3 aromatic carbocycles. The molecular weight excluding hydrogens is 482 g/mol. The number of rotatable bonds is 8. The lowest BCUT2D eigenvalue weighted by molar-refractivity contribution is 0.404. The largest absolute Gasteiger partial charge is 0.497 e. The van der Waals surface area contributed by atoms with Gasteiger partial charge in [-0.1, -0.05) is 11.6 Å². The first-order valence-electron chi connectivity index (χ1n) is 11.0. The van der Waals surface area contributed by atoms with Crippen molar-refractivity contribution in [3.63, 3.8) is 0 Å². The Labute approximate surface area is 213 Å². The highest BCUT2D eigenvalue weighted by Gasteiger charge is 2.20. The lowest BCUT2D eigenvalue weighted by Crippen LogP contribution is -2.19. The lowest BCUT2D eigenvalue weighted by Gasteiger charge is -2.10. The van der Waals surface area contributed by atoms with Gasteiger partial charge < -0.3 is 18.9 Å². The quantitative estimate of drug-likeness (QED) is 0.311. The third-order valence-electron chi connectivity index (χ3n) is 5.70. The SMILES string of the molecule is COc1ccc(-c2[nH]n(-c3ccc(OC)cc3)c(=O)c2C(C)=Nc2cc(OC)c(Cl)cc2OC)cc1. The molecule has 1 heterocycles. The zero-order valence-electron chi connectivity index (χ0n) is 20.6. The number of hydrogen-bond acceptors (Lipinski definition) is 6. The zero-order chi connectivity index (χ0) is 25.8. The number of aliphatic imine (C=N–C) groups is 1. The number of aromatic amines is 1. The number of benzene rings is 3. The van der Waals surface area contributed by atoms with Gasteiger partial charge in [0.05, 0.1) is 56.1 Å². The van der Waals surface area contributed by atoms with Gasteiger partial charge in [0.25, 0.3) is 5.56 Å². The van der Waals surface area contributed by atoms with Crippen LogP contribution in [0.4, 0.5) is 5.69 Å². The second-order valence-electron chi connectivity index (χ2n) is 7.78. The summed E-state index contributed by atoms with van der Waals surface area (Å²) in [7, 11) is 6.25. The lowest BCUT2D eigenvalue weighted by atomic mass is 10.0. The van der Waals surface area contributed by atoms with E-state index in [0.29, 0.717) is 56.4 Å². The van der Waals surface area contributed by atoms with Crippen LogP contribution in [0.15, 0.2) is 70.5 Å². The summed E-state index contributed by atoms with van der Waals surface area (Å²) < 4.78 is 22.8. The van der Waals surface area contributed by atoms with Gasteiger partial charge in [0.2, 0.25) is 0 Å². The molecule has 0 bridgehead atoms. The molecule has 36 heavy (non-hydrogen) atoms. The van der Waals surface area contributed by atoms with Gasteiger partial charge in [-0.25, -0.2) is 9.67 Å². The van der Waals surface area contributed by atoms with E-state index in [2.05, 4.69) is 5.10 Å². The number of nitrogens with one attached hydrogen (secondary N) is 1. The van der Waals surface area contributed by atoms with Crippen molar-refractivity contribution < 1.29 is 18.9 Å². The molecule has 1 N–H and O–H groups in total. The van der Waals surface area contributed by atoms with E-state index in [0.717, 1.165) is 5.56 Å². The predicted molar refractivity (Wildman–Crippen MR) is 141 cm³/mol. The number of H-pyrrole nitrogens is 1. The minimum atomic E-state index is -0.257. The Morgan fingerprint density at radius 1 is 0.833 bits per heavy atom. The number of aromatic nitrogens is 2. The maximum atomic E-state index is 13.7. The first-order valence-corrected chi connectivity index (χ1v) is 11.4. The van der Waals surface area contributed by atoms with Crippen LogP contribution in [0.3, 0.4) is 0 Å². The molecule has 0 spiro atoms. The Morgan fingerprint density at radius 2 is 1.42 bits per heavy atom. The van der Waals surface area contributed by atoms with E-state index in [1.807, 2.05) is 24.3 Å². The molecule has 4 rings (SSSR count). The van der Waals surface area contributed by atoms with E-state index in [1.54, 1.807) is 57.5 Å². The van der Waals surface area contributed by atoms with Crippen molar-refractivity contribution >= 4 is 23.0 Å². The molecular formula is C27H26ClN3O5. The van der Waals surface area contributed by atoms with Crippen molar-refractivity contribution in [2.45, 2.75) is 6.92 Å². The van der Waals surface area contributed by atoms with Crippen LogP contribution in [0.5, 0.6) is 23.0 Å². The molecule has 0 fully saturated rings. The highest BCUT2D eigenvalue weighted by molar-refractivity contribution is 6.32. The minimum Gasteiger partial charge on any atom is -0.497 e. The first-order chi connectivity index (χ1) is 17.4. The molecule has 186 valence electrons. The Morgan fingerprint density at radius 3 is 1.97 bits per heavy atom. The van der Waals surface area contributed by atoms with Gasteiger partial charge in [0.1, 0.15) is 28.7 Å². The monoisotopic (exact) mass is 507 g/mol. The predicted octanol–water partition coefficient (Wildman–Crippen LogP) is 5.66. The van der Waals surface area contributed by atoms with Gasteiger partial charge in [-0.2, -0.15) is 0 Å². The molecule has 0 amide bonds. The molecule has 0 saturated carbocycles. The summed E-state index contributed by atoms with van der Waals surface area (Å²) in [6.07, 6.45) is 0.